The monoisotopic (exact) mass is 215 g/mol. The normalized spacial score (nSPS) is 10.2. The Balaban J connectivity index is 2.59. The highest BCUT2D eigenvalue weighted by Crippen LogP contribution is 2.19. The van der Waals surface area contributed by atoms with Gasteiger partial charge in [-0.25, -0.2) is 4.57 Å². The van der Waals surface area contributed by atoms with Gasteiger partial charge in [-0.05, 0) is 23.5 Å². The van der Waals surface area contributed by atoms with Crippen LogP contribution in [0, 0.1) is 6.92 Å². The highest BCUT2D eigenvalue weighted by Gasteiger charge is 2.16. The van der Waals surface area contributed by atoms with Crippen molar-refractivity contribution in [3.05, 3.63) is 42.1 Å². The van der Waals surface area contributed by atoms with Crippen LogP contribution in [0.1, 0.15) is 5.56 Å². The van der Waals surface area contributed by atoms with Crippen molar-refractivity contribution in [2.45, 2.75) is 6.92 Å². The zero-order valence-electron chi connectivity index (χ0n) is 9.77. The van der Waals surface area contributed by atoms with E-state index in [0.29, 0.717) is 5.88 Å². The summed E-state index contributed by atoms with van der Waals surface area (Å²) < 4.78 is 7.14. The van der Waals surface area contributed by atoms with Crippen molar-refractivity contribution in [1.29, 1.82) is 0 Å². The number of hydrogen-bond acceptors (Lipinski definition) is 2. The van der Waals surface area contributed by atoms with Gasteiger partial charge in [0.1, 0.15) is 0 Å². The molecular formula is C13H15N2O+. The zero-order valence-corrected chi connectivity index (χ0v) is 9.77. The van der Waals surface area contributed by atoms with E-state index in [4.69, 9.17) is 4.74 Å². The average Bonchev–Trinajstić information content (AvgIpc) is 2.31. The topological polar surface area (TPSA) is 26.0 Å². The molecule has 0 fully saturated rings. The third kappa shape index (κ3) is 1.89. The molecule has 1 aromatic heterocycles. The summed E-state index contributed by atoms with van der Waals surface area (Å²) in [5, 5.41) is 0. The Labute approximate surface area is 95.3 Å². The molecule has 82 valence electrons. The third-order valence-electron chi connectivity index (χ3n) is 2.59. The van der Waals surface area contributed by atoms with E-state index in [9.17, 15) is 0 Å². The fourth-order valence-electron chi connectivity index (χ4n) is 1.65. The lowest BCUT2D eigenvalue weighted by Crippen LogP contribution is -2.31. The fourth-order valence-corrected chi connectivity index (χ4v) is 1.65. The van der Waals surface area contributed by atoms with E-state index >= 15 is 0 Å². The summed E-state index contributed by atoms with van der Waals surface area (Å²) in [6, 6.07) is 10.0. The van der Waals surface area contributed by atoms with Crippen LogP contribution in [-0.2, 0) is 7.05 Å². The van der Waals surface area contributed by atoms with Crippen LogP contribution in [0.3, 0.4) is 0 Å². The van der Waals surface area contributed by atoms with Crippen LogP contribution in [-0.4, -0.2) is 12.1 Å². The molecule has 2 rings (SSSR count). The molecule has 1 heterocycles. The lowest BCUT2D eigenvalue weighted by Gasteiger charge is -2.02. The predicted molar refractivity (Wildman–Crippen MR) is 62.1 cm³/mol. The molecule has 0 bridgehead atoms. The molecule has 0 spiro atoms. The first-order valence-corrected chi connectivity index (χ1v) is 5.19. The molecule has 3 heteroatoms. The van der Waals surface area contributed by atoms with Crippen molar-refractivity contribution in [2.24, 2.45) is 7.05 Å². The minimum atomic E-state index is 0.636. The van der Waals surface area contributed by atoms with Crippen LogP contribution in [0.15, 0.2) is 36.5 Å². The van der Waals surface area contributed by atoms with Gasteiger partial charge in [0.2, 0.25) is 0 Å². The lowest BCUT2D eigenvalue weighted by molar-refractivity contribution is -0.663. The summed E-state index contributed by atoms with van der Waals surface area (Å²) in [5.41, 5.74) is 2.34. The SMILES string of the molecule is COc1cc[n+](C)c(-c2ccccc2C)n1. The van der Waals surface area contributed by atoms with Gasteiger partial charge in [0.25, 0.3) is 0 Å². The Morgan fingerprint density at radius 3 is 2.62 bits per heavy atom. The molecule has 0 amide bonds. The van der Waals surface area contributed by atoms with Gasteiger partial charge in [0.05, 0.1) is 32.0 Å². The largest absolute Gasteiger partial charge is 0.463 e. The second kappa shape index (κ2) is 4.31. The van der Waals surface area contributed by atoms with Crippen molar-refractivity contribution in [2.75, 3.05) is 7.11 Å². The number of aromatic nitrogens is 2. The van der Waals surface area contributed by atoms with Crippen molar-refractivity contribution in [3.8, 4) is 17.3 Å². The quantitative estimate of drug-likeness (QED) is 0.715. The molecule has 0 radical (unpaired) electrons. The van der Waals surface area contributed by atoms with Crippen molar-refractivity contribution in [3.63, 3.8) is 0 Å². The number of rotatable bonds is 2. The summed E-state index contributed by atoms with van der Waals surface area (Å²) in [5.74, 6) is 1.55. The Kier molecular flexibility index (Phi) is 2.86. The van der Waals surface area contributed by atoms with Gasteiger partial charge in [-0.2, -0.15) is 0 Å². The van der Waals surface area contributed by atoms with Gasteiger partial charge in [0, 0.05) is 0 Å². The predicted octanol–water partition coefficient (Wildman–Crippen LogP) is 1.89. The van der Waals surface area contributed by atoms with Crippen LogP contribution in [0.5, 0.6) is 5.88 Å². The molecule has 0 unspecified atom stereocenters. The van der Waals surface area contributed by atoms with E-state index < -0.39 is 0 Å². The molecule has 0 aliphatic carbocycles. The van der Waals surface area contributed by atoms with E-state index in [1.165, 1.54) is 5.56 Å². The molecule has 0 aliphatic heterocycles. The highest BCUT2D eigenvalue weighted by atomic mass is 16.5. The number of aryl methyl sites for hydroxylation is 2. The van der Waals surface area contributed by atoms with Crippen LogP contribution in [0.4, 0.5) is 0 Å². The zero-order chi connectivity index (χ0) is 11.5. The fraction of sp³-hybridized carbons (Fsp3) is 0.231. The van der Waals surface area contributed by atoms with Crippen molar-refractivity contribution in [1.82, 2.24) is 4.98 Å². The molecule has 2 aromatic rings. The average molecular weight is 215 g/mol. The number of hydrogen-bond donors (Lipinski definition) is 0. The molecular weight excluding hydrogens is 200 g/mol. The smallest absolute Gasteiger partial charge is 0.334 e. The van der Waals surface area contributed by atoms with Crippen molar-refractivity contribution < 1.29 is 9.30 Å². The van der Waals surface area contributed by atoms with Crippen LogP contribution >= 0.6 is 0 Å². The number of nitrogens with zero attached hydrogens (tertiary/aromatic N) is 2. The summed E-state index contributed by atoms with van der Waals surface area (Å²) in [4.78, 5) is 4.46. The Bertz CT molecular complexity index is 509. The van der Waals surface area contributed by atoms with E-state index in [2.05, 4.69) is 24.0 Å². The Morgan fingerprint density at radius 2 is 1.94 bits per heavy atom. The maximum Gasteiger partial charge on any atom is 0.334 e. The maximum absolute atomic E-state index is 5.15. The number of methoxy groups -OCH3 is 1. The minimum absolute atomic E-state index is 0.636. The van der Waals surface area contributed by atoms with E-state index in [1.807, 2.05) is 36.0 Å². The van der Waals surface area contributed by atoms with Crippen LogP contribution in [0.2, 0.25) is 0 Å². The molecule has 1 aromatic carbocycles. The first-order valence-electron chi connectivity index (χ1n) is 5.19. The maximum atomic E-state index is 5.15. The molecule has 3 nitrogen and oxygen atoms in total. The van der Waals surface area contributed by atoms with E-state index in [0.717, 1.165) is 11.4 Å². The summed E-state index contributed by atoms with van der Waals surface area (Å²) in [7, 11) is 3.61. The van der Waals surface area contributed by atoms with Crippen LogP contribution < -0.4 is 9.30 Å². The van der Waals surface area contributed by atoms with Gasteiger partial charge < -0.3 is 4.74 Å². The van der Waals surface area contributed by atoms with Gasteiger partial charge in [-0.1, -0.05) is 18.2 Å². The highest BCUT2D eigenvalue weighted by molar-refractivity contribution is 5.57. The molecule has 0 saturated carbocycles. The number of benzene rings is 1. The van der Waals surface area contributed by atoms with Gasteiger partial charge in [0.15, 0.2) is 0 Å². The number of ether oxygens (including phenoxy) is 1. The molecule has 0 atom stereocenters. The first kappa shape index (κ1) is 10.6. The van der Waals surface area contributed by atoms with Crippen molar-refractivity contribution >= 4 is 0 Å². The molecule has 0 aliphatic rings. The van der Waals surface area contributed by atoms with E-state index in [1.54, 1.807) is 7.11 Å². The van der Waals surface area contributed by atoms with Gasteiger partial charge >= 0.3 is 11.7 Å². The Morgan fingerprint density at radius 1 is 1.19 bits per heavy atom. The summed E-state index contributed by atoms with van der Waals surface area (Å²) >= 11 is 0. The summed E-state index contributed by atoms with van der Waals surface area (Å²) in [6.07, 6.45) is 1.95. The first-order chi connectivity index (χ1) is 7.72. The molecule has 0 saturated heterocycles. The lowest BCUT2D eigenvalue weighted by atomic mass is 10.1. The molecule has 16 heavy (non-hydrogen) atoms. The molecule has 0 N–H and O–H groups in total. The second-order valence-electron chi connectivity index (χ2n) is 3.72. The van der Waals surface area contributed by atoms with Gasteiger partial charge in [-0.3, -0.25) is 0 Å². The third-order valence-corrected chi connectivity index (χ3v) is 2.59. The van der Waals surface area contributed by atoms with E-state index in [-0.39, 0.29) is 0 Å². The van der Waals surface area contributed by atoms with Crippen LogP contribution in [0.25, 0.3) is 11.4 Å². The summed E-state index contributed by atoms with van der Waals surface area (Å²) in [6.45, 7) is 2.08. The standard InChI is InChI=1S/C13H15N2O/c1-10-6-4-5-7-11(10)13-14-12(16-3)8-9-15(13)2/h4-9H,1-3H3/q+1. The Hall–Kier alpha value is -1.90. The van der Waals surface area contributed by atoms with Gasteiger partial charge in [-0.15, -0.1) is 0 Å². The second-order valence-corrected chi connectivity index (χ2v) is 3.72. The minimum Gasteiger partial charge on any atom is -0.463 e.